The van der Waals surface area contributed by atoms with Gasteiger partial charge in [-0.25, -0.2) is 9.78 Å². The Bertz CT molecular complexity index is 1320. The molecule has 0 aliphatic heterocycles. The van der Waals surface area contributed by atoms with E-state index in [2.05, 4.69) is 30.9 Å². The molecule has 208 valence electrons. The van der Waals surface area contributed by atoms with Crippen molar-refractivity contribution in [1.29, 1.82) is 0 Å². The van der Waals surface area contributed by atoms with E-state index < -0.39 is 66.9 Å². The van der Waals surface area contributed by atoms with Gasteiger partial charge in [0.2, 0.25) is 17.7 Å². The summed E-state index contributed by atoms with van der Waals surface area (Å²) >= 11 is 0. The maximum absolute atomic E-state index is 13.2. The van der Waals surface area contributed by atoms with E-state index in [1.54, 1.807) is 12.3 Å². The Hall–Kier alpha value is -4.76. The Balaban J connectivity index is 1.79. The van der Waals surface area contributed by atoms with Crippen molar-refractivity contribution in [2.24, 2.45) is 5.73 Å². The Morgan fingerprint density at radius 2 is 1.56 bits per heavy atom. The maximum atomic E-state index is 13.2. The Morgan fingerprint density at radius 1 is 0.897 bits per heavy atom. The lowest BCUT2D eigenvalue weighted by atomic mass is 10.0. The predicted octanol–water partition coefficient (Wildman–Crippen LogP) is -1.99. The summed E-state index contributed by atoms with van der Waals surface area (Å²) in [7, 11) is 0. The highest BCUT2D eigenvalue weighted by Gasteiger charge is 2.32. The number of fused-ring (bicyclic) bond motifs is 1. The monoisotopic (exact) mass is 543 g/mol. The van der Waals surface area contributed by atoms with Crippen LogP contribution in [0.15, 0.2) is 43.0 Å². The number of hydrogen-bond acceptors (Lipinski definition) is 8. The minimum Gasteiger partial charge on any atom is -0.481 e. The van der Waals surface area contributed by atoms with Crippen LogP contribution in [0.5, 0.6) is 0 Å². The summed E-state index contributed by atoms with van der Waals surface area (Å²) < 4.78 is 0. The van der Waals surface area contributed by atoms with Crippen molar-refractivity contribution >= 4 is 40.6 Å². The lowest BCUT2D eigenvalue weighted by Gasteiger charge is -2.24. The highest BCUT2D eigenvalue weighted by atomic mass is 16.4. The van der Waals surface area contributed by atoms with Crippen molar-refractivity contribution in [1.82, 2.24) is 30.9 Å². The second-order valence-corrected chi connectivity index (χ2v) is 8.75. The molecule has 0 saturated heterocycles. The number of imidazole rings is 1. The molecular formula is C24H29N7O8. The third-order valence-electron chi connectivity index (χ3n) is 5.87. The summed E-state index contributed by atoms with van der Waals surface area (Å²) in [6.07, 6.45) is 3.32. The predicted molar refractivity (Wildman–Crippen MR) is 135 cm³/mol. The first-order chi connectivity index (χ1) is 18.6. The number of aliphatic hydroxyl groups is 1. The lowest BCUT2D eigenvalue weighted by Crippen LogP contribution is -2.58. The zero-order valence-electron chi connectivity index (χ0n) is 20.6. The van der Waals surface area contributed by atoms with Crippen molar-refractivity contribution in [3.8, 4) is 0 Å². The van der Waals surface area contributed by atoms with E-state index in [-0.39, 0.29) is 12.8 Å². The summed E-state index contributed by atoms with van der Waals surface area (Å²) in [4.78, 5) is 71.3. The minimum absolute atomic E-state index is 0.0629. The van der Waals surface area contributed by atoms with Crippen molar-refractivity contribution in [2.75, 3.05) is 6.61 Å². The molecule has 10 N–H and O–H groups in total. The van der Waals surface area contributed by atoms with Gasteiger partial charge in [-0.2, -0.15) is 0 Å². The van der Waals surface area contributed by atoms with Gasteiger partial charge in [0.1, 0.15) is 24.2 Å². The second-order valence-electron chi connectivity index (χ2n) is 8.75. The van der Waals surface area contributed by atoms with Crippen LogP contribution in [0.3, 0.4) is 0 Å². The Morgan fingerprint density at radius 3 is 2.21 bits per heavy atom. The summed E-state index contributed by atoms with van der Waals surface area (Å²) in [6, 6.07) is 1.47. The van der Waals surface area contributed by atoms with E-state index >= 15 is 0 Å². The van der Waals surface area contributed by atoms with Crippen LogP contribution in [0, 0.1) is 0 Å². The number of rotatable bonds is 14. The number of nitrogens with two attached hydrogens (primary N) is 1. The molecule has 4 unspecified atom stereocenters. The van der Waals surface area contributed by atoms with Crippen LogP contribution in [0.4, 0.5) is 0 Å². The van der Waals surface area contributed by atoms with Gasteiger partial charge in [0, 0.05) is 41.8 Å². The average Bonchev–Trinajstić information content (AvgIpc) is 3.56. The number of carbonyl (C=O) groups excluding carboxylic acids is 3. The summed E-state index contributed by atoms with van der Waals surface area (Å²) in [5.74, 6) is -5.60. The topological polar surface area (TPSA) is 253 Å². The van der Waals surface area contributed by atoms with Gasteiger partial charge in [-0.15, -0.1) is 0 Å². The molecule has 2 heterocycles. The molecule has 15 heteroatoms. The first-order valence-corrected chi connectivity index (χ1v) is 11.8. The number of aliphatic carboxylic acids is 2. The number of H-pyrrole nitrogens is 2. The molecule has 2 aromatic heterocycles. The summed E-state index contributed by atoms with van der Waals surface area (Å²) in [5.41, 5.74) is 7.29. The molecule has 0 aliphatic rings. The van der Waals surface area contributed by atoms with Crippen molar-refractivity contribution < 1.29 is 39.3 Å². The van der Waals surface area contributed by atoms with Crippen molar-refractivity contribution in [2.45, 2.75) is 43.4 Å². The van der Waals surface area contributed by atoms with Gasteiger partial charge < -0.3 is 47.0 Å². The molecule has 15 nitrogen and oxygen atoms in total. The number of amides is 3. The van der Waals surface area contributed by atoms with E-state index in [4.69, 9.17) is 10.8 Å². The molecule has 3 amide bonds. The number of nitrogens with zero attached hydrogens (tertiary/aromatic N) is 1. The highest BCUT2D eigenvalue weighted by Crippen LogP contribution is 2.19. The Labute approximate surface area is 221 Å². The minimum atomic E-state index is -1.63. The molecule has 0 saturated carbocycles. The zero-order chi connectivity index (χ0) is 28.5. The number of para-hydroxylation sites is 1. The third kappa shape index (κ3) is 7.86. The van der Waals surface area contributed by atoms with Crippen LogP contribution in [0.1, 0.15) is 17.7 Å². The fraction of sp³-hybridized carbons (Fsp3) is 0.333. The molecule has 0 bridgehead atoms. The van der Waals surface area contributed by atoms with Gasteiger partial charge in [0.15, 0.2) is 0 Å². The molecule has 39 heavy (non-hydrogen) atoms. The molecule has 4 atom stereocenters. The quantitative estimate of drug-likeness (QED) is 0.108. The molecular weight excluding hydrogens is 514 g/mol. The van der Waals surface area contributed by atoms with E-state index in [1.165, 1.54) is 12.5 Å². The smallest absolute Gasteiger partial charge is 0.326 e. The molecule has 3 aromatic rings. The van der Waals surface area contributed by atoms with Gasteiger partial charge in [-0.3, -0.25) is 19.2 Å². The Kier molecular flexibility index (Phi) is 9.72. The van der Waals surface area contributed by atoms with Gasteiger partial charge in [0.05, 0.1) is 19.4 Å². The van der Waals surface area contributed by atoms with Crippen LogP contribution < -0.4 is 21.7 Å². The van der Waals surface area contributed by atoms with E-state index in [0.717, 1.165) is 10.9 Å². The lowest BCUT2D eigenvalue weighted by molar-refractivity contribution is -0.143. The number of aromatic nitrogens is 3. The number of hydrogen-bond donors (Lipinski definition) is 9. The summed E-state index contributed by atoms with van der Waals surface area (Å²) in [6.45, 7) is -0.745. The van der Waals surface area contributed by atoms with Gasteiger partial charge in [-0.1, -0.05) is 18.2 Å². The number of aliphatic hydroxyl groups excluding tert-OH is 1. The molecule has 0 aliphatic carbocycles. The largest absolute Gasteiger partial charge is 0.481 e. The van der Waals surface area contributed by atoms with E-state index in [0.29, 0.717) is 11.3 Å². The molecule has 1 aromatic carbocycles. The van der Waals surface area contributed by atoms with Gasteiger partial charge in [-0.05, 0) is 11.6 Å². The zero-order valence-corrected chi connectivity index (χ0v) is 20.6. The number of carbonyl (C=O) groups is 5. The number of carboxylic acids is 2. The molecule has 0 spiro atoms. The van der Waals surface area contributed by atoms with Crippen LogP contribution in [-0.2, 0) is 36.8 Å². The van der Waals surface area contributed by atoms with E-state index in [1.807, 2.05) is 18.2 Å². The number of aromatic amines is 2. The van der Waals surface area contributed by atoms with Crippen molar-refractivity contribution in [3.05, 3.63) is 54.2 Å². The van der Waals surface area contributed by atoms with Crippen LogP contribution in [0.2, 0.25) is 0 Å². The molecule has 0 radical (unpaired) electrons. The SMILES string of the molecule is NC(CO)C(=O)NC(CC(=O)O)C(=O)NC(Cc1cnc[nH]1)C(=O)NC(Cc1c[nH]c2ccccc12)C(=O)O. The van der Waals surface area contributed by atoms with E-state index in [9.17, 15) is 34.2 Å². The average molecular weight is 544 g/mol. The van der Waals surface area contributed by atoms with Crippen LogP contribution >= 0.6 is 0 Å². The second kappa shape index (κ2) is 13.2. The fourth-order valence-electron chi connectivity index (χ4n) is 3.84. The summed E-state index contributed by atoms with van der Waals surface area (Å²) in [5, 5.41) is 35.8. The molecule has 0 fully saturated rings. The first kappa shape index (κ1) is 28.8. The van der Waals surface area contributed by atoms with Gasteiger partial charge >= 0.3 is 11.9 Å². The highest BCUT2D eigenvalue weighted by molar-refractivity contribution is 5.96. The number of benzene rings is 1. The third-order valence-corrected chi connectivity index (χ3v) is 5.87. The van der Waals surface area contributed by atoms with Crippen molar-refractivity contribution in [3.63, 3.8) is 0 Å². The molecule has 3 rings (SSSR count). The van der Waals surface area contributed by atoms with Gasteiger partial charge in [0.25, 0.3) is 0 Å². The fourth-order valence-corrected chi connectivity index (χ4v) is 3.84. The number of carboxylic acid groups (broad SMARTS) is 2. The maximum Gasteiger partial charge on any atom is 0.326 e. The van der Waals surface area contributed by atoms with Crippen LogP contribution in [0.25, 0.3) is 10.9 Å². The first-order valence-electron chi connectivity index (χ1n) is 11.8. The standard InChI is InChI=1S/C24H29N7O8/c25-15(10-32)21(35)29-18(7-20(33)34)23(37)30-17(6-13-9-26-11-28-13)22(36)31-19(24(38)39)5-12-8-27-16-4-2-1-3-14(12)16/h1-4,8-9,11,15,17-19,27,32H,5-7,10,25H2,(H,26,28)(H,29,35)(H,30,37)(H,31,36)(H,33,34)(H,38,39). The normalized spacial score (nSPS) is 14.1. The van der Waals surface area contributed by atoms with Crippen LogP contribution in [-0.4, -0.2) is 90.7 Å². The number of nitrogens with one attached hydrogen (secondary N) is 5.